The van der Waals surface area contributed by atoms with Gasteiger partial charge in [0.2, 0.25) is 0 Å². The second-order valence-electron chi connectivity index (χ2n) is 8.64. The largest absolute Gasteiger partial charge is 0.507 e. The number of phenolic OH excluding ortho intramolecular Hbond substituents is 1. The van der Waals surface area contributed by atoms with Crippen molar-refractivity contribution >= 4 is 33.3 Å². The molecule has 1 aromatic heterocycles. The highest BCUT2D eigenvalue weighted by Gasteiger charge is 2.54. The molecule has 5 heteroatoms. The minimum atomic E-state index is -0.880. The molecule has 0 fully saturated rings. The Morgan fingerprint density at radius 2 is 1.78 bits per heavy atom. The van der Waals surface area contributed by atoms with Crippen LogP contribution in [0.5, 0.6) is 5.75 Å². The smallest absolute Gasteiger partial charge is 0.155 e. The zero-order valence-corrected chi connectivity index (χ0v) is 19.0. The van der Waals surface area contributed by atoms with E-state index in [1.165, 1.54) is 0 Å². The van der Waals surface area contributed by atoms with Crippen molar-refractivity contribution in [1.29, 1.82) is 5.26 Å². The molecule has 158 valence electrons. The van der Waals surface area contributed by atoms with Crippen molar-refractivity contribution < 1.29 is 5.11 Å². The van der Waals surface area contributed by atoms with Crippen LogP contribution in [0.25, 0.3) is 26.9 Å². The van der Waals surface area contributed by atoms with E-state index in [9.17, 15) is 10.4 Å². The van der Waals surface area contributed by atoms with Gasteiger partial charge in [-0.15, -0.1) is 11.3 Å². The normalized spacial score (nSPS) is 19.4. The summed E-state index contributed by atoms with van der Waals surface area (Å²) < 4.78 is 1.08. The Hall–Kier alpha value is -3.62. The summed E-state index contributed by atoms with van der Waals surface area (Å²) in [6.45, 7) is 4.20. The molecule has 32 heavy (non-hydrogen) atoms. The number of aromatic hydroxyl groups is 1. The molecule has 0 radical (unpaired) electrons. The van der Waals surface area contributed by atoms with Crippen LogP contribution in [-0.4, -0.2) is 22.7 Å². The van der Waals surface area contributed by atoms with Crippen LogP contribution in [0.4, 0.5) is 5.69 Å². The Bertz CT molecular complexity index is 1380. The predicted molar refractivity (Wildman–Crippen MR) is 132 cm³/mol. The van der Waals surface area contributed by atoms with Crippen LogP contribution in [0.15, 0.2) is 72.8 Å². The van der Waals surface area contributed by atoms with Gasteiger partial charge in [0.05, 0.1) is 21.8 Å². The van der Waals surface area contributed by atoms with E-state index in [4.69, 9.17) is 0 Å². The second-order valence-corrected chi connectivity index (χ2v) is 9.67. The maximum Gasteiger partial charge on any atom is 0.155 e. The van der Waals surface area contributed by atoms with E-state index in [1.54, 1.807) is 11.3 Å². The number of rotatable bonds is 3. The lowest BCUT2D eigenvalue weighted by Crippen LogP contribution is -2.51. The SMILES string of the molecule is CN1c2ccccc2C(C)(C)C1(C#N)/C=C/c1cccc(-c2nc3ccccc3s2)c1O. The van der Waals surface area contributed by atoms with Gasteiger partial charge in [-0.1, -0.05) is 62.4 Å². The molecule has 0 bridgehead atoms. The number of benzene rings is 3. The topological polar surface area (TPSA) is 60.2 Å². The third-order valence-electron chi connectivity index (χ3n) is 6.69. The number of nitriles is 1. The first-order valence-electron chi connectivity index (χ1n) is 10.5. The molecule has 5 rings (SSSR count). The molecular formula is C27H23N3OS. The highest BCUT2D eigenvalue weighted by Crippen LogP contribution is 2.51. The third kappa shape index (κ3) is 2.77. The van der Waals surface area contributed by atoms with E-state index in [1.807, 2.05) is 78.7 Å². The Morgan fingerprint density at radius 3 is 2.53 bits per heavy atom. The molecule has 4 nitrogen and oxygen atoms in total. The number of phenols is 1. The predicted octanol–water partition coefficient (Wildman–Crippen LogP) is 6.37. The fourth-order valence-corrected chi connectivity index (χ4v) is 5.74. The average molecular weight is 438 g/mol. The summed E-state index contributed by atoms with van der Waals surface area (Å²) in [5.74, 6) is 0.173. The first-order chi connectivity index (χ1) is 15.4. The summed E-state index contributed by atoms with van der Waals surface area (Å²) in [7, 11) is 1.96. The Balaban J connectivity index is 1.58. The standard InChI is InChI=1S/C27H23N3OS/c1-26(2)20-11-4-6-13-22(20)30(3)27(26,17-28)16-15-18-9-8-10-19(24(18)31)25-29-21-12-5-7-14-23(21)32-25/h4-16,31H,1-3H3/b16-15+. The van der Waals surface area contributed by atoms with Crippen molar-refractivity contribution in [2.24, 2.45) is 0 Å². The number of thiazole rings is 1. The van der Waals surface area contributed by atoms with Crippen molar-refractivity contribution in [2.75, 3.05) is 11.9 Å². The van der Waals surface area contributed by atoms with Gasteiger partial charge in [-0.2, -0.15) is 5.26 Å². The van der Waals surface area contributed by atoms with Gasteiger partial charge in [0.15, 0.2) is 5.54 Å². The van der Waals surface area contributed by atoms with Crippen molar-refractivity contribution in [3.05, 3.63) is 83.9 Å². The number of hydrogen-bond acceptors (Lipinski definition) is 5. The van der Waals surface area contributed by atoms with Gasteiger partial charge >= 0.3 is 0 Å². The van der Waals surface area contributed by atoms with Gasteiger partial charge in [0.1, 0.15) is 10.8 Å². The molecule has 0 saturated carbocycles. The van der Waals surface area contributed by atoms with Gasteiger partial charge in [0.25, 0.3) is 0 Å². The monoisotopic (exact) mass is 437 g/mol. The zero-order valence-electron chi connectivity index (χ0n) is 18.2. The van der Waals surface area contributed by atoms with Gasteiger partial charge in [0, 0.05) is 23.7 Å². The number of anilines is 1. The molecule has 0 spiro atoms. The lowest BCUT2D eigenvalue weighted by molar-refractivity contribution is 0.410. The molecule has 1 N–H and O–H groups in total. The molecule has 4 aromatic rings. The van der Waals surface area contributed by atoms with E-state index in [0.29, 0.717) is 11.1 Å². The van der Waals surface area contributed by atoms with Gasteiger partial charge in [-0.3, -0.25) is 0 Å². The second kappa shape index (κ2) is 7.22. The van der Waals surface area contributed by atoms with E-state index in [0.717, 1.165) is 26.5 Å². The lowest BCUT2D eigenvalue weighted by atomic mass is 9.70. The van der Waals surface area contributed by atoms with Crippen molar-refractivity contribution in [3.63, 3.8) is 0 Å². The minimum Gasteiger partial charge on any atom is -0.507 e. The molecule has 3 aromatic carbocycles. The van der Waals surface area contributed by atoms with Gasteiger partial charge in [-0.05, 0) is 35.9 Å². The summed E-state index contributed by atoms with van der Waals surface area (Å²) in [6.07, 6.45) is 3.78. The first-order valence-corrected chi connectivity index (χ1v) is 11.3. The summed E-state index contributed by atoms with van der Waals surface area (Å²) in [6, 6.07) is 24.3. The number of fused-ring (bicyclic) bond motifs is 2. The molecule has 1 aliphatic heterocycles. The summed E-state index contributed by atoms with van der Waals surface area (Å²) >= 11 is 1.56. The van der Waals surface area contributed by atoms with Crippen LogP contribution < -0.4 is 4.90 Å². The average Bonchev–Trinajstić information content (AvgIpc) is 3.30. The maximum absolute atomic E-state index is 11.1. The van der Waals surface area contributed by atoms with E-state index < -0.39 is 11.0 Å². The van der Waals surface area contributed by atoms with Crippen LogP contribution in [0.1, 0.15) is 25.0 Å². The number of nitrogens with zero attached hydrogens (tertiary/aromatic N) is 3. The van der Waals surface area contributed by atoms with Crippen LogP contribution in [0, 0.1) is 11.3 Å². The van der Waals surface area contributed by atoms with Crippen LogP contribution >= 0.6 is 11.3 Å². The lowest BCUT2D eigenvalue weighted by Gasteiger charge is -2.38. The Morgan fingerprint density at radius 1 is 1.03 bits per heavy atom. The zero-order chi connectivity index (χ0) is 22.5. The Labute approximate surface area is 191 Å². The van der Waals surface area contributed by atoms with Crippen molar-refractivity contribution in [1.82, 2.24) is 4.98 Å². The first kappa shape index (κ1) is 20.3. The molecule has 2 heterocycles. The van der Waals surface area contributed by atoms with E-state index >= 15 is 0 Å². The summed E-state index contributed by atoms with van der Waals surface area (Å²) in [5.41, 5.74) is 3.16. The van der Waals surface area contributed by atoms with E-state index in [-0.39, 0.29) is 5.75 Å². The summed E-state index contributed by atoms with van der Waals surface area (Å²) in [4.78, 5) is 6.72. The molecule has 1 atom stereocenters. The number of para-hydroxylation sites is 3. The van der Waals surface area contributed by atoms with Gasteiger partial charge in [-0.25, -0.2) is 4.98 Å². The quantitative estimate of drug-likeness (QED) is 0.404. The Kier molecular flexibility index (Phi) is 4.58. The molecule has 1 unspecified atom stereocenters. The minimum absolute atomic E-state index is 0.173. The number of likely N-dealkylation sites (N-methyl/N-ethyl adjacent to an activating group) is 1. The van der Waals surface area contributed by atoms with Crippen LogP contribution in [0.3, 0.4) is 0 Å². The maximum atomic E-state index is 11.1. The highest BCUT2D eigenvalue weighted by molar-refractivity contribution is 7.21. The van der Waals surface area contributed by atoms with Gasteiger partial charge < -0.3 is 10.0 Å². The van der Waals surface area contributed by atoms with Crippen molar-refractivity contribution in [3.8, 4) is 22.4 Å². The number of aromatic nitrogens is 1. The third-order valence-corrected chi connectivity index (χ3v) is 7.76. The summed E-state index contributed by atoms with van der Waals surface area (Å²) in [5, 5.41) is 22.2. The molecular weight excluding hydrogens is 414 g/mol. The number of hydrogen-bond donors (Lipinski definition) is 1. The molecule has 0 saturated heterocycles. The van der Waals surface area contributed by atoms with Crippen LogP contribution in [0.2, 0.25) is 0 Å². The highest BCUT2D eigenvalue weighted by atomic mass is 32.1. The van der Waals surface area contributed by atoms with Crippen LogP contribution in [-0.2, 0) is 5.41 Å². The van der Waals surface area contributed by atoms with E-state index in [2.05, 4.69) is 37.0 Å². The van der Waals surface area contributed by atoms with Crippen molar-refractivity contribution in [2.45, 2.75) is 24.8 Å². The molecule has 1 aliphatic rings. The fraction of sp³-hybridized carbons (Fsp3) is 0.185. The molecule has 0 aliphatic carbocycles. The fourth-order valence-electron chi connectivity index (χ4n) is 4.75. The molecule has 0 amide bonds.